The summed E-state index contributed by atoms with van der Waals surface area (Å²) in [6.45, 7) is 8.07. The van der Waals surface area contributed by atoms with Crippen molar-refractivity contribution in [2.45, 2.75) is 45.8 Å². The molecule has 0 aromatic heterocycles. The third kappa shape index (κ3) is 6.56. The topological polar surface area (TPSA) is 3.24 Å². The van der Waals surface area contributed by atoms with Crippen molar-refractivity contribution in [2.75, 3.05) is 0 Å². The van der Waals surface area contributed by atoms with Crippen molar-refractivity contribution >= 4 is 34.4 Å². The Morgan fingerprint density at radius 1 is 0.724 bits per heavy atom. The Bertz CT molecular complexity index is 864. The fourth-order valence-electron chi connectivity index (χ4n) is 3.44. The number of benzene rings is 3. The lowest BCUT2D eigenvalue weighted by Gasteiger charge is -2.26. The minimum absolute atomic E-state index is 0.0817. The molecule has 0 bridgehead atoms. The van der Waals surface area contributed by atoms with Gasteiger partial charge in [-0.1, -0.05) is 122 Å². The summed E-state index contributed by atoms with van der Waals surface area (Å²) in [7, 11) is 0. The predicted octanol–water partition coefficient (Wildman–Crippen LogP) is 7.60. The van der Waals surface area contributed by atoms with Crippen LogP contribution in [0.3, 0.4) is 0 Å². The van der Waals surface area contributed by atoms with Crippen LogP contribution in [0.15, 0.2) is 78.9 Å². The van der Waals surface area contributed by atoms with E-state index in [0.717, 1.165) is 24.9 Å². The molecule has 3 aromatic carbocycles. The summed E-state index contributed by atoms with van der Waals surface area (Å²) in [6.07, 6.45) is 0. The van der Waals surface area contributed by atoms with E-state index in [1.165, 1.54) is 22.3 Å². The van der Waals surface area contributed by atoms with Crippen molar-refractivity contribution in [3.8, 4) is 0 Å². The third-order valence-electron chi connectivity index (χ3n) is 5.02. The van der Waals surface area contributed by atoms with Gasteiger partial charge in [0.2, 0.25) is 0 Å². The van der Waals surface area contributed by atoms with Crippen LogP contribution in [0.5, 0.6) is 0 Å². The molecule has 29 heavy (non-hydrogen) atoms. The van der Waals surface area contributed by atoms with Gasteiger partial charge < -0.3 is 0 Å². The van der Waals surface area contributed by atoms with Crippen LogP contribution in [0.4, 0.5) is 0 Å². The van der Waals surface area contributed by atoms with Gasteiger partial charge in [0.15, 0.2) is 0 Å². The molecule has 0 aliphatic carbocycles. The van der Waals surface area contributed by atoms with E-state index in [1.807, 2.05) is 0 Å². The SMILES string of the molecule is CC(C)(C)c1ccc(P(Cl)Cl)c(CN(Cc2ccccc2)Cc2ccccc2)c1. The van der Waals surface area contributed by atoms with Crippen LogP contribution < -0.4 is 5.30 Å². The number of halogens is 2. The quantitative estimate of drug-likeness (QED) is 0.339. The fraction of sp³-hybridized carbons (Fsp3) is 0.280. The average Bonchev–Trinajstić information content (AvgIpc) is 2.68. The molecule has 3 aromatic rings. The molecule has 0 atom stereocenters. The van der Waals surface area contributed by atoms with Gasteiger partial charge in [0, 0.05) is 24.9 Å². The minimum Gasteiger partial charge on any atom is -0.291 e. The number of hydrogen-bond donors (Lipinski definition) is 0. The molecule has 0 aliphatic rings. The largest absolute Gasteiger partial charge is 0.291 e. The predicted molar refractivity (Wildman–Crippen MR) is 129 cm³/mol. The second-order valence-corrected chi connectivity index (χ2v) is 11.9. The standard InChI is InChI=1S/C25H28Cl2NP/c1-25(2,3)23-14-15-24(29(26)27)22(16-23)19-28(17-20-10-6-4-7-11-20)18-21-12-8-5-9-13-21/h4-16H,17-19H2,1-3H3. The number of nitrogens with zero attached hydrogens (tertiary/aromatic N) is 1. The maximum Gasteiger partial charge on any atom is 0.117 e. The van der Waals surface area contributed by atoms with Gasteiger partial charge in [0.25, 0.3) is 0 Å². The van der Waals surface area contributed by atoms with E-state index < -0.39 is 6.63 Å². The molecule has 0 N–H and O–H groups in total. The Morgan fingerprint density at radius 2 is 1.24 bits per heavy atom. The fourth-order valence-corrected chi connectivity index (χ4v) is 4.96. The molecule has 152 valence electrons. The second kappa shape index (κ2) is 10.1. The van der Waals surface area contributed by atoms with Gasteiger partial charge >= 0.3 is 0 Å². The summed E-state index contributed by atoms with van der Waals surface area (Å²) in [5.74, 6) is 0. The Kier molecular flexibility index (Phi) is 7.77. The van der Waals surface area contributed by atoms with Gasteiger partial charge in [-0.25, -0.2) is 0 Å². The van der Waals surface area contributed by atoms with Crippen molar-refractivity contribution in [2.24, 2.45) is 0 Å². The molecule has 3 rings (SSSR count). The van der Waals surface area contributed by atoms with Crippen LogP contribution in [-0.4, -0.2) is 4.90 Å². The van der Waals surface area contributed by atoms with Crippen LogP contribution in [0.1, 0.15) is 43.0 Å². The molecular weight excluding hydrogens is 416 g/mol. The molecule has 0 saturated carbocycles. The smallest absolute Gasteiger partial charge is 0.117 e. The van der Waals surface area contributed by atoms with Gasteiger partial charge in [-0.3, -0.25) is 4.90 Å². The maximum absolute atomic E-state index is 6.39. The van der Waals surface area contributed by atoms with Crippen molar-refractivity contribution in [1.82, 2.24) is 4.90 Å². The van der Waals surface area contributed by atoms with E-state index in [4.69, 9.17) is 22.5 Å². The monoisotopic (exact) mass is 443 g/mol. The highest BCUT2D eigenvalue weighted by Crippen LogP contribution is 2.46. The molecule has 0 saturated heterocycles. The first kappa shape index (κ1) is 22.3. The zero-order chi connectivity index (χ0) is 20.9. The molecule has 0 heterocycles. The van der Waals surface area contributed by atoms with Crippen LogP contribution in [-0.2, 0) is 25.0 Å². The van der Waals surface area contributed by atoms with Crippen molar-refractivity contribution < 1.29 is 0 Å². The highest BCUT2D eigenvalue weighted by atomic mass is 35.9. The number of rotatable bonds is 7. The summed E-state index contributed by atoms with van der Waals surface area (Å²) < 4.78 is 0. The Labute approximate surface area is 186 Å². The molecule has 0 radical (unpaired) electrons. The van der Waals surface area contributed by atoms with Gasteiger partial charge in [-0.05, 0) is 27.7 Å². The van der Waals surface area contributed by atoms with Crippen LogP contribution >= 0.6 is 29.1 Å². The molecule has 0 amide bonds. The van der Waals surface area contributed by atoms with E-state index in [-0.39, 0.29) is 5.41 Å². The zero-order valence-electron chi connectivity index (χ0n) is 17.3. The Balaban J connectivity index is 1.93. The maximum atomic E-state index is 6.39. The highest BCUT2D eigenvalue weighted by molar-refractivity contribution is 8.08. The summed E-state index contributed by atoms with van der Waals surface area (Å²) in [6, 6.07) is 27.8. The molecular formula is C25H28Cl2NP. The first-order valence-electron chi connectivity index (χ1n) is 9.88. The van der Waals surface area contributed by atoms with Crippen molar-refractivity contribution in [3.63, 3.8) is 0 Å². The lowest BCUT2D eigenvalue weighted by atomic mass is 9.86. The van der Waals surface area contributed by atoms with E-state index in [9.17, 15) is 0 Å². The first-order chi connectivity index (χ1) is 13.8. The zero-order valence-corrected chi connectivity index (χ0v) is 19.7. The number of hydrogen-bond acceptors (Lipinski definition) is 1. The minimum atomic E-state index is -1.20. The average molecular weight is 444 g/mol. The molecule has 0 aliphatic heterocycles. The van der Waals surface area contributed by atoms with E-state index in [1.54, 1.807) is 0 Å². The molecule has 0 fully saturated rings. The summed E-state index contributed by atoms with van der Waals surface area (Å²) in [5, 5.41) is 1.06. The normalized spacial score (nSPS) is 12.0. The van der Waals surface area contributed by atoms with Crippen molar-refractivity contribution in [1.29, 1.82) is 0 Å². The third-order valence-corrected chi connectivity index (χ3v) is 6.91. The molecule has 0 unspecified atom stereocenters. The summed E-state index contributed by atoms with van der Waals surface area (Å²) in [4.78, 5) is 2.46. The molecule has 4 heteroatoms. The lowest BCUT2D eigenvalue weighted by molar-refractivity contribution is 0.248. The first-order valence-corrected chi connectivity index (χ1v) is 13.0. The van der Waals surface area contributed by atoms with Gasteiger partial charge in [0.1, 0.15) is 6.63 Å². The van der Waals surface area contributed by atoms with Gasteiger partial charge in [0.05, 0.1) is 0 Å². The van der Waals surface area contributed by atoms with Crippen molar-refractivity contribution in [3.05, 3.63) is 101 Å². The summed E-state index contributed by atoms with van der Waals surface area (Å²) in [5.41, 5.74) is 5.21. The second-order valence-electron chi connectivity index (χ2n) is 8.44. The van der Waals surface area contributed by atoms with Crippen LogP contribution in [0, 0.1) is 0 Å². The molecule has 1 nitrogen and oxygen atoms in total. The van der Waals surface area contributed by atoms with Crippen LogP contribution in [0.2, 0.25) is 0 Å². The van der Waals surface area contributed by atoms with E-state index in [0.29, 0.717) is 0 Å². The Morgan fingerprint density at radius 3 is 1.69 bits per heavy atom. The Hall–Kier alpha value is -1.37. The van der Waals surface area contributed by atoms with Gasteiger partial charge in [-0.2, -0.15) is 0 Å². The van der Waals surface area contributed by atoms with Gasteiger partial charge in [-0.15, -0.1) is 0 Å². The molecule has 0 spiro atoms. The van der Waals surface area contributed by atoms with E-state index >= 15 is 0 Å². The lowest BCUT2D eigenvalue weighted by Crippen LogP contribution is -2.25. The van der Waals surface area contributed by atoms with Crippen LogP contribution in [0.25, 0.3) is 0 Å². The van der Waals surface area contributed by atoms with E-state index in [2.05, 4.69) is 105 Å². The summed E-state index contributed by atoms with van der Waals surface area (Å²) >= 11 is 12.8. The highest BCUT2D eigenvalue weighted by Gasteiger charge is 2.19.